The SMILES string of the molecule is COC(=O)/C(=C\c1ccco1)Cc1ccccc1. The zero-order valence-corrected chi connectivity index (χ0v) is 10.1. The van der Waals surface area contributed by atoms with Crippen LogP contribution in [0.15, 0.2) is 58.7 Å². The number of benzene rings is 1. The van der Waals surface area contributed by atoms with E-state index >= 15 is 0 Å². The van der Waals surface area contributed by atoms with Gasteiger partial charge in [-0.05, 0) is 23.8 Å². The van der Waals surface area contributed by atoms with Gasteiger partial charge in [-0.2, -0.15) is 0 Å². The third-order valence-corrected chi connectivity index (χ3v) is 2.54. The molecule has 1 heterocycles. The van der Waals surface area contributed by atoms with Crippen LogP contribution in [-0.4, -0.2) is 13.1 Å². The first-order chi connectivity index (χ1) is 8.79. The van der Waals surface area contributed by atoms with Crippen LogP contribution in [0.1, 0.15) is 11.3 Å². The lowest BCUT2D eigenvalue weighted by atomic mass is 10.0. The number of furan rings is 1. The molecule has 2 rings (SSSR count). The summed E-state index contributed by atoms with van der Waals surface area (Å²) < 4.78 is 10.00. The lowest BCUT2D eigenvalue weighted by molar-refractivity contribution is -0.136. The molecular formula is C15H14O3. The smallest absolute Gasteiger partial charge is 0.334 e. The second-order valence-corrected chi connectivity index (χ2v) is 3.84. The molecule has 0 bridgehead atoms. The highest BCUT2D eigenvalue weighted by molar-refractivity contribution is 5.93. The van der Waals surface area contributed by atoms with Crippen molar-refractivity contribution in [2.75, 3.05) is 7.11 Å². The van der Waals surface area contributed by atoms with E-state index < -0.39 is 0 Å². The second-order valence-electron chi connectivity index (χ2n) is 3.84. The molecule has 3 nitrogen and oxygen atoms in total. The van der Waals surface area contributed by atoms with Crippen LogP contribution in [0.25, 0.3) is 6.08 Å². The maximum atomic E-state index is 11.7. The van der Waals surface area contributed by atoms with Crippen molar-refractivity contribution in [3.05, 3.63) is 65.6 Å². The van der Waals surface area contributed by atoms with Gasteiger partial charge in [-0.1, -0.05) is 30.3 Å². The van der Waals surface area contributed by atoms with Crippen LogP contribution in [0.3, 0.4) is 0 Å². The van der Waals surface area contributed by atoms with Crippen molar-refractivity contribution in [2.24, 2.45) is 0 Å². The van der Waals surface area contributed by atoms with E-state index in [0.717, 1.165) is 5.56 Å². The molecule has 0 spiro atoms. The normalized spacial score (nSPS) is 11.3. The fourth-order valence-corrected chi connectivity index (χ4v) is 1.67. The fourth-order valence-electron chi connectivity index (χ4n) is 1.67. The molecule has 2 aromatic rings. The minimum Gasteiger partial charge on any atom is -0.466 e. The number of esters is 1. The van der Waals surface area contributed by atoms with Crippen molar-refractivity contribution in [1.29, 1.82) is 0 Å². The molecule has 0 saturated heterocycles. The monoisotopic (exact) mass is 242 g/mol. The first-order valence-corrected chi connectivity index (χ1v) is 5.66. The Hall–Kier alpha value is -2.29. The second kappa shape index (κ2) is 5.87. The van der Waals surface area contributed by atoms with Gasteiger partial charge in [-0.15, -0.1) is 0 Å². The molecule has 0 atom stereocenters. The minimum absolute atomic E-state index is 0.338. The van der Waals surface area contributed by atoms with Gasteiger partial charge in [0.2, 0.25) is 0 Å². The summed E-state index contributed by atoms with van der Waals surface area (Å²) >= 11 is 0. The van der Waals surface area contributed by atoms with Crippen molar-refractivity contribution in [3.8, 4) is 0 Å². The van der Waals surface area contributed by atoms with Crippen LogP contribution in [0.5, 0.6) is 0 Å². The van der Waals surface area contributed by atoms with Crippen LogP contribution in [0.4, 0.5) is 0 Å². The number of carbonyl (C=O) groups excluding carboxylic acids is 1. The van der Waals surface area contributed by atoms with E-state index in [2.05, 4.69) is 0 Å². The van der Waals surface area contributed by atoms with Gasteiger partial charge in [0, 0.05) is 12.0 Å². The van der Waals surface area contributed by atoms with E-state index in [0.29, 0.717) is 17.8 Å². The number of hydrogen-bond donors (Lipinski definition) is 0. The number of carbonyl (C=O) groups is 1. The van der Waals surface area contributed by atoms with Crippen LogP contribution in [-0.2, 0) is 16.0 Å². The first-order valence-electron chi connectivity index (χ1n) is 5.66. The highest BCUT2D eigenvalue weighted by atomic mass is 16.5. The standard InChI is InChI=1S/C15H14O3/c1-17-15(16)13(11-14-8-5-9-18-14)10-12-6-3-2-4-7-12/h2-9,11H,10H2,1H3/b13-11-. The molecule has 0 amide bonds. The molecule has 1 aromatic carbocycles. The highest BCUT2D eigenvalue weighted by Crippen LogP contribution is 2.14. The van der Waals surface area contributed by atoms with E-state index in [1.54, 1.807) is 24.5 Å². The Kier molecular flexibility index (Phi) is 3.97. The van der Waals surface area contributed by atoms with E-state index in [1.165, 1.54) is 7.11 Å². The van der Waals surface area contributed by atoms with Gasteiger partial charge in [-0.25, -0.2) is 4.79 Å². The summed E-state index contributed by atoms with van der Waals surface area (Å²) in [5, 5.41) is 0. The summed E-state index contributed by atoms with van der Waals surface area (Å²) in [5.41, 5.74) is 1.62. The Bertz CT molecular complexity index is 524. The third kappa shape index (κ3) is 3.10. The maximum Gasteiger partial charge on any atom is 0.334 e. The average molecular weight is 242 g/mol. The lowest BCUT2D eigenvalue weighted by Gasteiger charge is -2.05. The Morgan fingerprint density at radius 3 is 2.61 bits per heavy atom. The van der Waals surface area contributed by atoms with Crippen LogP contribution in [0, 0.1) is 0 Å². The number of ether oxygens (including phenoxy) is 1. The van der Waals surface area contributed by atoms with Crippen molar-refractivity contribution in [1.82, 2.24) is 0 Å². The Morgan fingerprint density at radius 2 is 2.00 bits per heavy atom. The van der Waals surface area contributed by atoms with Crippen LogP contribution >= 0.6 is 0 Å². The fraction of sp³-hybridized carbons (Fsp3) is 0.133. The zero-order chi connectivity index (χ0) is 12.8. The molecule has 0 N–H and O–H groups in total. The zero-order valence-electron chi connectivity index (χ0n) is 10.1. The number of hydrogen-bond acceptors (Lipinski definition) is 3. The topological polar surface area (TPSA) is 39.4 Å². The van der Waals surface area contributed by atoms with Gasteiger partial charge in [0.25, 0.3) is 0 Å². The molecule has 0 fully saturated rings. The molecule has 1 aromatic heterocycles. The lowest BCUT2D eigenvalue weighted by Crippen LogP contribution is -2.07. The Morgan fingerprint density at radius 1 is 1.22 bits per heavy atom. The highest BCUT2D eigenvalue weighted by Gasteiger charge is 2.11. The van der Waals surface area contributed by atoms with Crippen LogP contribution < -0.4 is 0 Å². The summed E-state index contributed by atoms with van der Waals surface area (Å²) in [6.07, 6.45) is 3.80. The summed E-state index contributed by atoms with van der Waals surface area (Å²) in [5.74, 6) is 0.307. The van der Waals surface area contributed by atoms with Gasteiger partial charge in [-0.3, -0.25) is 0 Å². The quantitative estimate of drug-likeness (QED) is 0.611. The van der Waals surface area contributed by atoms with E-state index in [4.69, 9.17) is 9.15 Å². The van der Waals surface area contributed by atoms with Crippen molar-refractivity contribution >= 4 is 12.0 Å². The predicted molar refractivity (Wildman–Crippen MR) is 68.8 cm³/mol. The van der Waals surface area contributed by atoms with Gasteiger partial charge < -0.3 is 9.15 Å². The molecule has 18 heavy (non-hydrogen) atoms. The Balaban J connectivity index is 2.24. The van der Waals surface area contributed by atoms with Gasteiger partial charge >= 0.3 is 5.97 Å². The van der Waals surface area contributed by atoms with Crippen molar-refractivity contribution in [2.45, 2.75) is 6.42 Å². The number of rotatable bonds is 4. The van der Waals surface area contributed by atoms with Gasteiger partial charge in [0.1, 0.15) is 5.76 Å². The van der Waals surface area contributed by atoms with Crippen LogP contribution in [0.2, 0.25) is 0 Å². The van der Waals surface area contributed by atoms with Gasteiger partial charge in [0.15, 0.2) is 0 Å². The van der Waals surface area contributed by atoms with E-state index in [-0.39, 0.29) is 5.97 Å². The molecular weight excluding hydrogens is 228 g/mol. The predicted octanol–water partition coefficient (Wildman–Crippen LogP) is 3.08. The van der Waals surface area contributed by atoms with E-state index in [1.807, 2.05) is 30.3 Å². The van der Waals surface area contributed by atoms with E-state index in [9.17, 15) is 4.79 Å². The largest absolute Gasteiger partial charge is 0.466 e. The summed E-state index contributed by atoms with van der Waals surface area (Å²) in [7, 11) is 1.38. The number of methoxy groups -OCH3 is 1. The molecule has 0 aliphatic heterocycles. The molecule has 0 unspecified atom stereocenters. The first kappa shape index (κ1) is 12.2. The maximum absolute atomic E-state index is 11.7. The molecule has 0 saturated carbocycles. The van der Waals surface area contributed by atoms with Crippen molar-refractivity contribution in [3.63, 3.8) is 0 Å². The van der Waals surface area contributed by atoms with Gasteiger partial charge in [0.05, 0.1) is 13.4 Å². The molecule has 0 aliphatic carbocycles. The molecule has 0 aliphatic rings. The summed E-state index contributed by atoms with van der Waals surface area (Å²) in [4.78, 5) is 11.7. The Labute approximate surface area is 106 Å². The molecule has 3 heteroatoms. The van der Waals surface area contributed by atoms with Crippen molar-refractivity contribution < 1.29 is 13.9 Å². The average Bonchev–Trinajstić information content (AvgIpc) is 2.91. The molecule has 92 valence electrons. The summed E-state index contributed by atoms with van der Waals surface area (Å²) in [6, 6.07) is 13.3. The summed E-state index contributed by atoms with van der Waals surface area (Å²) in [6.45, 7) is 0. The third-order valence-electron chi connectivity index (χ3n) is 2.54. The molecule has 0 radical (unpaired) electrons. The minimum atomic E-state index is -0.338.